The lowest BCUT2D eigenvalue weighted by Gasteiger charge is -2.11. The lowest BCUT2D eigenvalue weighted by atomic mass is 10.2. The molecule has 0 heterocycles. The van der Waals surface area contributed by atoms with Gasteiger partial charge in [0.1, 0.15) is 5.75 Å². The van der Waals surface area contributed by atoms with Crippen molar-refractivity contribution in [2.75, 3.05) is 13.2 Å². The lowest BCUT2D eigenvalue weighted by Crippen LogP contribution is -2.24. The minimum atomic E-state index is -4.38. The van der Waals surface area contributed by atoms with E-state index in [4.69, 9.17) is 0 Å². The third kappa shape index (κ3) is 7.01. The number of unbranched alkanes of at least 4 members (excludes halogenated alkanes) is 2. The molecule has 0 radical (unpaired) electrons. The highest BCUT2D eigenvalue weighted by Gasteiger charge is 2.28. The van der Waals surface area contributed by atoms with E-state index in [0.29, 0.717) is 15.7 Å². The summed E-state index contributed by atoms with van der Waals surface area (Å²) in [5.41, 5.74) is 0.412. The summed E-state index contributed by atoms with van der Waals surface area (Å²) in [7, 11) is 0. The molecule has 0 saturated heterocycles. The van der Waals surface area contributed by atoms with Gasteiger partial charge in [-0.15, -0.1) is 0 Å². The second kappa shape index (κ2) is 8.45. The SMILES string of the molecule is CCCCCNC(=O)c1ccc(OCC(F)(F)F)c(I)c1. The van der Waals surface area contributed by atoms with Crippen LogP contribution in [0.5, 0.6) is 5.75 Å². The van der Waals surface area contributed by atoms with Gasteiger partial charge < -0.3 is 10.1 Å². The largest absolute Gasteiger partial charge is 0.483 e. The predicted octanol–water partition coefficient (Wildman–Crippen LogP) is 4.15. The van der Waals surface area contributed by atoms with Gasteiger partial charge in [0.15, 0.2) is 6.61 Å². The quantitative estimate of drug-likeness (QED) is 0.537. The van der Waals surface area contributed by atoms with E-state index >= 15 is 0 Å². The van der Waals surface area contributed by atoms with Gasteiger partial charge in [0, 0.05) is 12.1 Å². The summed E-state index contributed by atoms with van der Waals surface area (Å²) < 4.78 is 41.4. The smallest absolute Gasteiger partial charge is 0.422 e. The number of nitrogens with one attached hydrogen (secondary N) is 1. The molecule has 21 heavy (non-hydrogen) atoms. The highest BCUT2D eigenvalue weighted by molar-refractivity contribution is 14.1. The number of alkyl halides is 3. The van der Waals surface area contributed by atoms with Gasteiger partial charge in [-0.2, -0.15) is 13.2 Å². The highest BCUT2D eigenvalue weighted by atomic mass is 127. The molecule has 1 rings (SSSR count). The average molecular weight is 415 g/mol. The first-order valence-corrected chi connectivity index (χ1v) is 7.68. The summed E-state index contributed by atoms with van der Waals surface area (Å²) in [5.74, 6) is -0.109. The molecule has 1 aromatic rings. The van der Waals surface area contributed by atoms with E-state index in [-0.39, 0.29) is 11.7 Å². The van der Waals surface area contributed by atoms with Crippen LogP contribution in [0.2, 0.25) is 0 Å². The standard InChI is InChI=1S/C14H17F3INO2/c1-2-3-4-7-19-13(20)10-5-6-12(11(18)8-10)21-9-14(15,16)17/h5-6,8H,2-4,7,9H2,1H3,(H,19,20). The van der Waals surface area contributed by atoms with Crippen LogP contribution in [-0.4, -0.2) is 25.2 Å². The number of carbonyl (C=O) groups excluding carboxylic acids is 1. The lowest BCUT2D eigenvalue weighted by molar-refractivity contribution is -0.153. The molecule has 3 nitrogen and oxygen atoms in total. The van der Waals surface area contributed by atoms with Gasteiger partial charge in [-0.05, 0) is 47.2 Å². The van der Waals surface area contributed by atoms with Crippen molar-refractivity contribution < 1.29 is 22.7 Å². The van der Waals surface area contributed by atoms with Crippen LogP contribution in [0.1, 0.15) is 36.5 Å². The molecule has 0 saturated carbocycles. The van der Waals surface area contributed by atoms with Crippen molar-refractivity contribution in [1.29, 1.82) is 0 Å². The third-order valence-corrected chi connectivity index (χ3v) is 3.49. The Balaban J connectivity index is 2.58. The summed E-state index contributed by atoms with van der Waals surface area (Å²) in [4.78, 5) is 11.9. The van der Waals surface area contributed by atoms with E-state index in [0.717, 1.165) is 19.3 Å². The molecule has 0 unspecified atom stereocenters. The number of halogens is 4. The first-order valence-electron chi connectivity index (χ1n) is 6.61. The molecule has 1 amide bonds. The van der Waals surface area contributed by atoms with Crippen LogP contribution < -0.4 is 10.1 Å². The average Bonchev–Trinajstić information content (AvgIpc) is 2.41. The van der Waals surface area contributed by atoms with Crippen molar-refractivity contribution >= 4 is 28.5 Å². The monoisotopic (exact) mass is 415 g/mol. The molecule has 0 spiro atoms. The molecule has 0 fully saturated rings. The van der Waals surface area contributed by atoms with Gasteiger partial charge in [0.2, 0.25) is 0 Å². The summed E-state index contributed by atoms with van der Waals surface area (Å²) in [6, 6.07) is 4.36. The van der Waals surface area contributed by atoms with Crippen LogP contribution in [0.3, 0.4) is 0 Å². The fourth-order valence-electron chi connectivity index (χ4n) is 1.60. The molecular weight excluding hydrogens is 398 g/mol. The predicted molar refractivity (Wildman–Crippen MR) is 82.6 cm³/mol. The van der Waals surface area contributed by atoms with Crippen LogP contribution >= 0.6 is 22.6 Å². The molecule has 1 N–H and O–H groups in total. The second-order valence-electron chi connectivity index (χ2n) is 4.51. The van der Waals surface area contributed by atoms with Crippen molar-refractivity contribution in [1.82, 2.24) is 5.32 Å². The maximum atomic E-state index is 12.1. The Labute approximate surface area is 135 Å². The molecule has 0 bridgehead atoms. The molecule has 7 heteroatoms. The Morgan fingerprint density at radius 3 is 2.62 bits per heavy atom. The number of benzene rings is 1. The molecular formula is C14H17F3INO2. The van der Waals surface area contributed by atoms with Gasteiger partial charge in [-0.3, -0.25) is 4.79 Å². The molecule has 118 valence electrons. The Morgan fingerprint density at radius 2 is 2.05 bits per heavy atom. The zero-order valence-electron chi connectivity index (χ0n) is 11.6. The van der Waals surface area contributed by atoms with Crippen LogP contribution in [0, 0.1) is 3.57 Å². The Morgan fingerprint density at radius 1 is 1.33 bits per heavy atom. The van der Waals surface area contributed by atoms with Gasteiger partial charge >= 0.3 is 6.18 Å². The summed E-state index contributed by atoms with van der Waals surface area (Å²) in [6.45, 7) is 1.32. The number of hydrogen-bond donors (Lipinski definition) is 1. The number of rotatable bonds is 7. The first-order chi connectivity index (χ1) is 9.83. The number of carbonyl (C=O) groups is 1. The Kier molecular flexibility index (Phi) is 7.27. The van der Waals surface area contributed by atoms with Crippen molar-refractivity contribution in [3.05, 3.63) is 27.3 Å². The van der Waals surface area contributed by atoms with E-state index in [1.807, 2.05) is 22.6 Å². The second-order valence-corrected chi connectivity index (χ2v) is 5.67. The van der Waals surface area contributed by atoms with E-state index in [9.17, 15) is 18.0 Å². The normalized spacial score (nSPS) is 11.3. The van der Waals surface area contributed by atoms with Crippen LogP contribution in [0.25, 0.3) is 0 Å². The number of hydrogen-bond acceptors (Lipinski definition) is 2. The van der Waals surface area contributed by atoms with E-state index < -0.39 is 12.8 Å². The topological polar surface area (TPSA) is 38.3 Å². The fraction of sp³-hybridized carbons (Fsp3) is 0.500. The van der Waals surface area contributed by atoms with Crippen molar-refractivity contribution in [2.24, 2.45) is 0 Å². The van der Waals surface area contributed by atoms with Crippen LogP contribution in [0.4, 0.5) is 13.2 Å². The van der Waals surface area contributed by atoms with Crippen LogP contribution in [-0.2, 0) is 0 Å². The van der Waals surface area contributed by atoms with Gasteiger partial charge in [-0.25, -0.2) is 0 Å². The zero-order valence-corrected chi connectivity index (χ0v) is 13.8. The van der Waals surface area contributed by atoms with E-state index in [1.54, 1.807) is 0 Å². The maximum absolute atomic E-state index is 12.1. The summed E-state index contributed by atoms with van der Waals surface area (Å²) in [6.07, 6.45) is -1.36. The number of amides is 1. The van der Waals surface area contributed by atoms with Crippen molar-refractivity contribution in [3.8, 4) is 5.75 Å². The first kappa shape index (κ1) is 18.1. The van der Waals surface area contributed by atoms with Gasteiger partial charge in [0.05, 0.1) is 3.57 Å². The maximum Gasteiger partial charge on any atom is 0.422 e. The van der Waals surface area contributed by atoms with E-state index in [2.05, 4.69) is 17.0 Å². The third-order valence-electron chi connectivity index (χ3n) is 2.65. The molecule has 0 aliphatic carbocycles. The Hall–Kier alpha value is -0.990. The van der Waals surface area contributed by atoms with Crippen molar-refractivity contribution in [3.63, 3.8) is 0 Å². The summed E-state index contributed by atoms with van der Waals surface area (Å²) >= 11 is 1.85. The Bertz CT molecular complexity index is 478. The van der Waals surface area contributed by atoms with Gasteiger partial charge in [-0.1, -0.05) is 19.8 Å². The molecule has 1 aromatic carbocycles. The fourth-order valence-corrected chi connectivity index (χ4v) is 2.27. The van der Waals surface area contributed by atoms with E-state index in [1.165, 1.54) is 18.2 Å². The number of ether oxygens (including phenoxy) is 1. The van der Waals surface area contributed by atoms with Crippen LogP contribution in [0.15, 0.2) is 18.2 Å². The molecule has 0 aliphatic rings. The molecule has 0 atom stereocenters. The zero-order chi connectivity index (χ0) is 15.9. The minimum absolute atomic E-state index is 0.121. The minimum Gasteiger partial charge on any atom is -0.483 e. The van der Waals surface area contributed by atoms with Gasteiger partial charge in [0.25, 0.3) is 5.91 Å². The molecule has 0 aliphatic heterocycles. The van der Waals surface area contributed by atoms with Crippen molar-refractivity contribution in [2.45, 2.75) is 32.4 Å². The highest BCUT2D eigenvalue weighted by Crippen LogP contribution is 2.24. The molecule has 0 aromatic heterocycles. The summed E-state index contributed by atoms with van der Waals surface area (Å²) in [5, 5.41) is 2.77.